The van der Waals surface area contributed by atoms with E-state index < -0.39 is 0 Å². The van der Waals surface area contributed by atoms with Gasteiger partial charge >= 0.3 is 0 Å². The third-order valence-corrected chi connectivity index (χ3v) is 4.84. The van der Waals surface area contributed by atoms with Crippen LogP contribution in [0.2, 0.25) is 0 Å². The Morgan fingerprint density at radius 1 is 1.32 bits per heavy atom. The third-order valence-electron chi connectivity index (χ3n) is 3.47. The second-order valence-corrected chi connectivity index (χ2v) is 6.35. The van der Waals surface area contributed by atoms with E-state index in [1.54, 1.807) is 0 Å². The zero-order chi connectivity index (χ0) is 13.8. The van der Waals surface area contributed by atoms with E-state index in [1.165, 1.54) is 17.7 Å². The van der Waals surface area contributed by atoms with Gasteiger partial charge in [-0.05, 0) is 27.2 Å². The molecule has 19 heavy (non-hydrogen) atoms. The maximum Gasteiger partial charge on any atom is 0.137 e. The van der Waals surface area contributed by atoms with Gasteiger partial charge in [-0.1, -0.05) is 6.92 Å². The molecule has 0 bridgehead atoms. The van der Waals surface area contributed by atoms with Gasteiger partial charge in [0.1, 0.15) is 17.5 Å². The molecule has 4 nitrogen and oxygen atoms in total. The van der Waals surface area contributed by atoms with Gasteiger partial charge in [-0.25, -0.2) is 9.97 Å². The number of thioether (sulfide) groups is 1. The fourth-order valence-electron chi connectivity index (χ4n) is 2.42. The third kappa shape index (κ3) is 3.32. The first kappa shape index (κ1) is 14.4. The molecule has 2 rings (SSSR count). The van der Waals surface area contributed by atoms with Crippen LogP contribution >= 0.6 is 11.8 Å². The summed E-state index contributed by atoms with van der Waals surface area (Å²) >= 11 is 2.09. The van der Waals surface area contributed by atoms with Crippen LogP contribution in [0.3, 0.4) is 0 Å². The molecule has 0 saturated carbocycles. The molecule has 1 saturated heterocycles. The summed E-state index contributed by atoms with van der Waals surface area (Å²) in [6.45, 7) is 11.5. The number of nitrogens with one attached hydrogen (secondary N) is 1. The first-order valence-corrected chi connectivity index (χ1v) is 8.16. The van der Waals surface area contributed by atoms with Crippen molar-refractivity contribution < 1.29 is 0 Å². The van der Waals surface area contributed by atoms with Gasteiger partial charge in [-0.3, -0.25) is 0 Å². The molecule has 0 amide bonds. The van der Waals surface area contributed by atoms with Crippen molar-refractivity contribution in [3.8, 4) is 0 Å². The van der Waals surface area contributed by atoms with Crippen LogP contribution in [0.5, 0.6) is 0 Å². The predicted molar refractivity (Wildman–Crippen MR) is 84.4 cm³/mol. The quantitative estimate of drug-likeness (QED) is 0.918. The van der Waals surface area contributed by atoms with Crippen molar-refractivity contribution >= 4 is 23.4 Å². The summed E-state index contributed by atoms with van der Waals surface area (Å²) in [7, 11) is 0. The second kappa shape index (κ2) is 6.46. The molecular formula is C14H24N4S. The van der Waals surface area contributed by atoms with Crippen LogP contribution in [0.15, 0.2) is 0 Å². The Morgan fingerprint density at radius 2 is 2.11 bits per heavy atom. The van der Waals surface area contributed by atoms with Gasteiger partial charge in [0.25, 0.3) is 0 Å². The monoisotopic (exact) mass is 280 g/mol. The van der Waals surface area contributed by atoms with E-state index in [1.807, 2.05) is 6.92 Å². The summed E-state index contributed by atoms with van der Waals surface area (Å²) in [4.78, 5) is 11.6. The van der Waals surface area contributed by atoms with Crippen LogP contribution in [0.4, 0.5) is 11.6 Å². The molecular weight excluding hydrogens is 256 g/mol. The van der Waals surface area contributed by atoms with Crippen molar-refractivity contribution in [1.82, 2.24) is 9.97 Å². The summed E-state index contributed by atoms with van der Waals surface area (Å²) in [5.41, 5.74) is 1.18. The second-order valence-electron chi connectivity index (χ2n) is 4.95. The molecule has 1 N–H and O–H groups in total. The molecule has 0 radical (unpaired) electrons. The molecule has 0 aromatic carbocycles. The molecule has 0 spiro atoms. The number of anilines is 2. The van der Waals surface area contributed by atoms with Crippen LogP contribution in [0, 0.1) is 13.8 Å². The van der Waals surface area contributed by atoms with Gasteiger partial charge in [-0.2, -0.15) is 11.8 Å². The average Bonchev–Trinajstić information content (AvgIpc) is 2.43. The summed E-state index contributed by atoms with van der Waals surface area (Å²) in [5, 5.41) is 4.07. The van der Waals surface area contributed by atoms with Gasteiger partial charge in [0, 0.05) is 36.2 Å². The fourth-order valence-corrected chi connectivity index (χ4v) is 3.60. The van der Waals surface area contributed by atoms with Crippen LogP contribution in [0.1, 0.15) is 31.7 Å². The molecule has 5 heteroatoms. The Hall–Kier alpha value is -0.970. The van der Waals surface area contributed by atoms with Crippen LogP contribution in [0.25, 0.3) is 0 Å². The topological polar surface area (TPSA) is 41.1 Å². The number of hydrogen-bond acceptors (Lipinski definition) is 5. The number of hydrogen-bond donors (Lipinski definition) is 1. The Balaban J connectivity index is 2.27. The molecule has 1 unspecified atom stereocenters. The Morgan fingerprint density at radius 3 is 2.79 bits per heavy atom. The summed E-state index contributed by atoms with van der Waals surface area (Å²) in [6, 6.07) is 0. The lowest BCUT2D eigenvalue weighted by Gasteiger charge is -2.34. The van der Waals surface area contributed by atoms with Gasteiger partial charge < -0.3 is 10.2 Å². The molecule has 106 valence electrons. The lowest BCUT2D eigenvalue weighted by molar-refractivity contribution is 0.714. The number of nitrogens with zero attached hydrogens (tertiary/aromatic N) is 3. The number of aryl methyl sites for hydroxylation is 1. The SMILES string of the molecule is CCNc1nc(C)nc(N2CCSC(CC)C2)c1C. The predicted octanol–water partition coefficient (Wildman–Crippen LogP) is 2.86. The van der Waals surface area contributed by atoms with E-state index in [0.717, 1.165) is 42.3 Å². The molecule has 1 atom stereocenters. The molecule has 2 heterocycles. The largest absolute Gasteiger partial charge is 0.370 e. The molecule has 1 aromatic heterocycles. The highest BCUT2D eigenvalue weighted by Crippen LogP contribution is 2.29. The lowest BCUT2D eigenvalue weighted by Crippen LogP contribution is -2.38. The summed E-state index contributed by atoms with van der Waals surface area (Å²) in [6.07, 6.45) is 1.23. The average molecular weight is 280 g/mol. The van der Waals surface area contributed by atoms with Crippen molar-refractivity contribution in [2.75, 3.05) is 35.6 Å². The molecule has 0 aliphatic carbocycles. The highest BCUT2D eigenvalue weighted by Gasteiger charge is 2.22. The van der Waals surface area contributed by atoms with E-state index in [0.29, 0.717) is 0 Å². The van der Waals surface area contributed by atoms with Gasteiger partial charge in [0.15, 0.2) is 0 Å². The fraction of sp³-hybridized carbons (Fsp3) is 0.714. The summed E-state index contributed by atoms with van der Waals surface area (Å²) < 4.78 is 0. The molecule has 1 aromatic rings. The Labute approximate surface area is 120 Å². The van der Waals surface area contributed by atoms with Crippen LogP contribution < -0.4 is 10.2 Å². The Kier molecular flexibility index (Phi) is 4.91. The molecule has 1 aliphatic rings. The maximum atomic E-state index is 4.67. The zero-order valence-corrected chi connectivity index (χ0v) is 13.2. The smallest absolute Gasteiger partial charge is 0.137 e. The standard InChI is InChI=1S/C14H24N4S/c1-5-12-9-18(7-8-19-12)14-10(3)13(15-6-2)16-11(4)17-14/h12H,5-9H2,1-4H3,(H,15,16,17). The number of rotatable bonds is 4. The highest BCUT2D eigenvalue weighted by atomic mass is 32.2. The summed E-state index contributed by atoms with van der Waals surface area (Å²) in [5.74, 6) is 4.14. The van der Waals surface area contributed by atoms with E-state index in [4.69, 9.17) is 0 Å². The highest BCUT2D eigenvalue weighted by molar-refractivity contribution is 8.00. The van der Waals surface area contributed by atoms with Crippen LogP contribution in [-0.2, 0) is 0 Å². The van der Waals surface area contributed by atoms with Gasteiger partial charge in [0.2, 0.25) is 0 Å². The van der Waals surface area contributed by atoms with E-state index in [9.17, 15) is 0 Å². The first-order valence-electron chi connectivity index (χ1n) is 7.11. The zero-order valence-electron chi connectivity index (χ0n) is 12.4. The minimum Gasteiger partial charge on any atom is -0.370 e. The van der Waals surface area contributed by atoms with Crippen molar-refractivity contribution in [2.45, 2.75) is 39.4 Å². The molecule has 1 aliphatic heterocycles. The van der Waals surface area contributed by atoms with Crippen molar-refractivity contribution in [1.29, 1.82) is 0 Å². The maximum absolute atomic E-state index is 4.67. The van der Waals surface area contributed by atoms with Gasteiger partial charge in [0.05, 0.1) is 0 Å². The number of aromatic nitrogens is 2. The first-order chi connectivity index (χ1) is 9.15. The van der Waals surface area contributed by atoms with Gasteiger partial charge in [-0.15, -0.1) is 0 Å². The van der Waals surface area contributed by atoms with E-state index in [2.05, 4.69) is 52.7 Å². The Bertz CT molecular complexity index is 436. The van der Waals surface area contributed by atoms with Crippen molar-refractivity contribution in [2.24, 2.45) is 0 Å². The minimum absolute atomic E-state index is 0.728. The van der Waals surface area contributed by atoms with Crippen molar-refractivity contribution in [3.63, 3.8) is 0 Å². The van der Waals surface area contributed by atoms with Crippen molar-refractivity contribution in [3.05, 3.63) is 11.4 Å². The normalized spacial score (nSPS) is 19.6. The minimum atomic E-state index is 0.728. The van der Waals surface area contributed by atoms with Crippen LogP contribution in [-0.4, -0.2) is 40.6 Å². The van der Waals surface area contributed by atoms with E-state index >= 15 is 0 Å². The molecule has 1 fully saturated rings. The lowest BCUT2D eigenvalue weighted by atomic mass is 10.2. The van der Waals surface area contributed by atoms with E-state index in [-0.39, 0.29) is 0 Å².